The summed E-state index contributed by atoms with van der Waals surface area (Å²) in [6.07, 6.45) is 0. The summed E-state index contributed by atoms with van der Waals surface area (Å²) in [5.74, 6) is 2.67. The van der Waals surface area contributed by atoms with Crippen LogP contribution < -0.4 is 0 Å². The van der Waals surface area contributed by atoms with Gasteiger partial charge >= 0.3 is 0 Å². The monoisotopic (exact) mass is 79.0 g/mol. The smallest absolute Gasteiger partial charge is 0.163 e. The molecule has 0 radical (unpaired) electrons. The van der Waals surface area contributed by atoms with Crippen LogP contribution in [-0.2, 0) is 14.9 Å². The first-order valence-electron chi connectivity index (χ1n) is 0.638. The standard InChI is InChI=1S/CH3O2S/c1-4(2)3/h1H2,(H,2,3)/q-1. The second-order valence-electron chi connectivity index (χ2n) is 0.321. The summed E-state index contributed by atoms with van der Waals surface area (Å²) in [5.41, 5.74) is 0. The predicted octanol–water partition coefficient (Wildman–Crippen LogP) is -0.145. The molecule has 0 saturated carbocycles. The van der Waals surface area contributed by atoms with Crippen molar-refractivity contribution in [2.24, 2.45) is 0 Å². The van der Waals surface area contributed by atoms with E-state index in [0.717, 1.165) is 0 Å². The van der Waals surface area contributed by atoms with Crippen molar-refractivity contribution in [3.8, 4) is 0 Å². The van der Waals surface area contributed by atoms with Crippen molar-refractivity contribution in [1.82, 2.24) is 0 Å². The summed E-state index contributed by atoms with van der Waals surface area (Å²) in [6, 6.07) is 0. The van der Waals surface area contributed by atoms with Gasteiger partial charge in [0.15, 0.2) is 0 Å². The summed E-state index contributed by atoms with van der Waals surface area (Å²) in [7, 11) is -1.86. The van der Waals surface area contributed by atoms with Crippen molar-refractivity contribution in [2.45, 2.75) is 0 Å². The number of rotatable bonds is 0. The van der Waals surface area contributed by atoms with E-state index in [4.69, 9.17) is 8.76 Å². The van der Waals surface area contributed by atoms with Gasteiger partial charge in [-0.15, -0.1) is 0 Å². The third-order valence-electron chi connectivity index (χ3n) is 0. The topological polar surface area (TPSA) is 37.3 Å². The molecule has 0 aliphatic rings. The zero-order valence-electron chi connectivity index (χ0n) is 1.97. The molecular weight excluding hydrogens is 76.1 g/mol. The van der Waals surface area contributed by atoms with E-state index in [1.165, 1.54) is 0 Å². The van der Waals surface area contributed by atoms with Crippen LogP contribution in [0.2, 0.25) is 0 Å². The van der Waals surface area contributed by atoms with Gasteiger partial charge in [-0.05, 0) is 0 Å². The van der Waals surface area contributed by atoms with E-state index in [0.29, 0.717) is 0 Å². The first-order valence-corrected chi connectivity index (χ1v) is 1.91. The van der Waals surface area contributed by atoms with E-state index in [9.17, 15) is 0 Å². The highest BCUT2D eigenvalue weighted by Crippen LogP contribution is 1.30. The Morgan fingerprint density at radius 3 is 2.00 bits per heavy atom. The van der Waals surface area contributed by atoms with Crippen LogP contribution in [0.4, 0.5) is 0 Å². The van der Waals surface area contributed by atoms with Gasteiger partial charge in [0.1, 0.15) is 0 Å². The fourth-order valence-corrected chi connectivity index (χ4v) is 0. The van der Waals surface area contributed by atoms with E-state index in [1.807, 2.05) is 0 Å². The molecule has 26 valence electrons. The lowest BCUT2D eigenvalue weighted by Crippen LogP contribution is -1.54. The molecule has 0 unspecified atom stereocenters. The highest BCUT2D eigenvalue weighted by atomic mass is 32.2. The molecule has 0 aromatic rings. The van der Waals surface area contributed by atoms with Crippen molar-refractivity contribution in [3.05, 3.63) is 0 Å². The molecule has 0 rings (SSSR count). The van der Waals surface area contributed by atoms with Gasteiger partial charge in [0, 0.05) is 0 Å². The largest absolute Gasteiger partial charge is 0.467 e. The summed E-state index contributed by atoms with van der Waals surface area (Å²) in [6.45, 7) is 0. The van der Waals surface area contributed by atoms with Crippen molar-refractivity contribution >= 4 is 16.5 Å². The minimum Gasteiger partial charge on any atom is -0.467 e. The molecule has 4 heavy (non-hydrogen) atoms. The molecule has 0 aliphatic heterocycles. The van der Waals surface area contributed by atoms with Gasteiger partial charge in [-0.3, -0.25) is 0 Å². The molecule has 2 nitrogen and oxygen atoms in total. The zero-order chi connectivity index (χ0) is 3.58. The Morgan fingerprint density at radius 1 is 2.00 bits per heavy atom. The molecule has 0 bridgehead atoms. The van der Waals surface area contributed by atoms with E-state index >= 15 is 0 Å². The van der Waals surface area contributed by atoms with E-state index in [-0.39, 0.29) is 0 Å². The summed E-state index contributed by atoms with van der Waals surface area (Å²) in [5, 5.41) is 0. The van der Waals surface area contributed by atoms with Gasteiger partial charge < -0.3 is 8.76 Å². The molecule has 0 spiro atoms. The highest BCUT2D eigenvalue weighted by Gasteiger charge is 1.15. The Kier molecular flexibility index (Phi) is 1.31. The van der Waals surface area contributed by atoms with Crippen LogP contribution in [0.15, 0.2) is 0 Å². The van der Waals surface area contributed by atoms with E-state index in [1.54, 1.807) is 0 Å². The zero-order valence-corrected chi connectivity index (χ0v) is 2.79. The van der Waals surface area contributed by atoms with Crippen LogP contribution in [0.5, 0.6) is 0 Å². The summed E-state index contributed by atoms with van der Waals surface area (Å²) in [4.78, 5) is 0. The second kappa shape index (κ2) is 1.32. The second-order valence-corrected chi connectivity index (χ2v) is 0.964. The number of hydrogen-bond acceptors (Lipinski definition) is 2. The Bertz CT molecular complexity index is 54.4. The Balaban J connectivity index is 3.51. The number of hydrogen-bond donors (Lipinski definition) is 1. The highest BCUT2D eigenvalue weighted by molar-refractivity contribution is 7.76. The molecule has 0 aromatic carbocycles. The molecule has 0 atom stereocenters. The molecule has 3 heteroatoms. The Morgan fingerprint density at radius 2 is 2.00 bits per heavy atom. The van der Waals surface area contributed by atoms with E-state index in [2.05, 4.69) is 5.87 Å². The fourth-order valence-electron chi connectivity index (χ4n) is 0. The quantitative estimate of drug-likeness (QED) is 0.249. The molecule has 0 aliphatic carbocycles. The maximum atomic E-state index is 9.00. The van der Waals surface area contributed by atoms with Crippen LogP contribution in [0, 0.1) is 0 Å². The van der Waals surface area contributed by atoms with Crippen LogP contribution >= 0.6 is 0 Å². The lowest BCUT2D eigenvalue weighted by atomic mass is 12.0. The van der Waals surface area contributed by atoms with Crippen LogP contribution in [0.25, 0.3) is 0 Å². The van der Waals surface area contributed by atoms with Gasteiger partial charge in [-0.25, -0.2) is 0 Å². The third-order valence-corrected chi connectivity index (χ3v) is 0. The van der Waals surface area contributed by atoms with Gasteiger partial charge in [0.25, 0.3) is 0 Å². The first-order chi connectivity index (χ1) is 1.73. The normalized spacial score (nSPS) is 8.50. The molecule has 0 amide bonds. The SMILES string of the molecule is C=[S-](=O)O. The molecule has 0 fully saturated rings. The first kappa shape index (κ1) is 3.98. The van der Waals surface area contributed by atoms with Crippen molar-refractivity contribution in [3.63, 3.8) is 0 Å². The lowest BCUT2D eigenvalue weighted by Gasteiger charge is -1.70. The van der Waals surface area contributed by atoms with E-state index < -0.39 is 10.7 Å². The van der Waals surface area contributed by atoms with Gasteiger partial charge in [-0.2, -0.15) is 16.5 Å². The van der Waals surface area contributed by atoms with Crippen molar-refractivity contribution in [1.29, 1.82) is 0 Å². The van der Waals surface area contributed by atoms with Gasteiger partial charge in [0.05, 0.1) is 0 Å². The summed E-state index contributed by atoms with van der Waals surface area (Å²) >= 11 is 0. The predicted molar refractivity (Wildman–Crippen MR) is 17.8 cm³/mol. The average molecular weight is 79.1 g/mol. The fraction of sp³-hybridized carbons (Fsp3) is 0. The average Bonchev–Trinajstić information content (AvgIpc) is 0.811. The minimum atomic E-state index is -1.86. The Hall–Kier alpha value is -0.0200. The van der Waals surface area contributed by atoms with Gasteiger partial charge in [0.2, 0.25) is 0 Å². The maximum absolute atomic E-state index is 9.00. The molecule has 1 N–H and O–H groups in total. The maximum Gasteiger partial charge on any atom is -0.163 e. The van der Waals surface area contributed by atoms with Crippen LogP contribution in [0.1, 0.15) is 0 Å². The molecule has 0 heterocycles. The van der Waals surface area contributed by atoms with Crippen molar-refractivity contribution in [2.75, 3.05) is 0 Å². The third kappa shape index (κ3) is 4750. The summed E-state index contributed by atoms with van der Waals surface area (Å²) < 4.78 is 16.4. The molecule has 0 aromatic heterocycles. The van der Waals surface area contributed by atoms with Crippen LogP contribution in [0.3, 0.4) is 0 Å². The van der Waals surface area contributed by atoms with Crippen LogP contribution in [-0.4, -0.2) is 10.4 Å². The van der Waals surface area contributed by atoms with Gasteiger partial charge in [-0.1, -0.05) is 0 Å². The Labute approximate surface area is 26.3 Å². The minimum absolute atomic E-state index is 1.86. The molecule has 0 saturated heterocycles. The lowest BCUT2D eigenvalue weighted by molar-refractivity contribution is 0.535. The van der Waals surface area contributed by atoms with Crippen molar-refractivity contribution < 1.29 is 8.76 Å². The molecular formula is CH3O2S-.